The lowest BCUT2D eigenvalue weighted by atomic mass is 10.2. The third kappa shape index (κ3) is 4.75. The van der Waals surface area contributed by atoms with Crippen LogP contribution in [0.1, 0.15) is 20.7 Å². The Morgan fingerprint density at radius 1 is 1.04 bits per heavy atom. The molecule has 124 valence electrons. The predicted molar refractivity (Wildman–Crippen MR) is 93.5 cm³/mol. The summed E-state index contributed by atoms with van der Waals surface area (Å²) in [7, 11) is 0. The molecular weight excluding hydrogens is 351 g/mol. The standard InChI is InChI=1S/C17H14Cl2N2O3/c1-2-7-24-15-6-4-3-5-14(15)17(23)21-20-16(22)11-8-12(18)10-13(19)9-11/h2-6,8-10H,1,7H2,(H,20,22)(H,21,23). The minimum Gasteiger partial charge on any atom is -0.489 e. The molecule has 0 radical (unpaired) electrons. The van der Waals surface area contributed by atoms with Gasteiger partial charge in [-0.05, 0) is 30.3 Å². The Labute approximate surface area is 149 Å². The zero-order chi connectivity index (χ0) is 17.5. The summed E-state index contributed by atoms with van der Waals surface area (Å²) in [5, 5.41) is 0.643. The number of hydrazine groups is 1. The highest BCUT2D eigenvalue weighted by atomic mass is 35.5. The third-order valence-corrected chi connectivity index (χ3v) is 3.34. The van der Waals surface area contributed by atoms with Crippen molar-refractivity contribution in [2.75, 3.05) is 6.61 Å². The Balaban J connectivity index is 2.05. The molecule has 0 aromatic heterocycles. The lowest BCUT2D eigenvalue weighted by Crippen LogP contribution is -2.41. The molecule has 2 aromatic carbocycles. The van der Waals surface area contributed by atoms with Crippen LogP contribution in [-0.4, -0.2) is 18.4 Å². The minimum absolute atomic E-state index is 0.226. The average molecular weight is 365 g/mol. The number of benzene rings is 2. The highest BCUT2D eigenvalue weighted by Crippen LogP contribution is 2.19. The summed E-state index contributed by atoms with van der Waals surface area (Å²) >= 11 is 11.7. The number of carbonyl (C=O) groups excluding carboxylic acids is 2. The molecule has 0 spiro atoms. The zero-order valence-electron chi connectivity index (χ0n) is 12.5. The summed E-state index contributed by atoms with van der Waals surface area (Å²) in [5.74, 6) is -0.677. The first kappa shape index (κ1) is 17.8. The fourth-order valence-electron chi connectivity index (χ4n) is 1.87. The van der Waals surface area contributed by atoms with E-state index in [0.717, 1.165) is 0 Å². The molecule has 0 atom stereocenters. The minimum atomic E-state index is -0.544. The van der Waals surface area contributed by atoms with Crippen LogP contribution in [0.15, 0.2) is 55.1 Å². The summed E-state index contributed by atoms with van der Waals surface area (Å²) < 4.78 is 5.40. The second kappa shape index (κ2) is 8.38. The Hall–Kier alpha value is -2.50. The molecule has 0 heterocycles. The summed E-state index contributed by atoms with van der Waals surface area (Å²) in [4.78, 5) is 24.3. The van der Waals surface area contributed by atoms with E-state index in [1.807, 2.05) is 0 Å². The molecule has 24 heavy (non-hydrogen) atoms. The van der Waals surface area contributed by atoms with E-state index in [9.17, 15) is 9.59 Å². The van der Waals surface area contributed by atoms with Gasteiger partial charge in [0.1, 0.15) is 12.4 Å². The van der Waals surface area contributed by atoms with Gasteiger partial charge in [-0.1, -0.05) is 48.0 Å². The normalized spacial score (nSPS) is 9.92. The molecule has 0 saturated carbocycles. The Kier molecular flexibility index (Phi) is 6.23. The van der Waals surface area contributed by atoms with Crippen LogP contribution < -0.4 is 15.6 Å². The number of rotatable bonds is 5. The number of halogens is 2. The van der Waals surface area contributed by atoms with Crippen molar-refractivity contribution in [2.24, 2.45) is 0 Å². The van der Waals surface area contributed by atoms with E-state index in [1.165, 1.54) is 18.2 Å². The maximum atomic E-state index is 12.2. The second-order valence-corrected chi connectivity index (χ2v) is 5.54. The first-order valence-electron chi connectivity index (χ1n) is 6.90. The molecule has 5 nitrogen and oxygen atoms in total. The van der Waals surface area contributed by atoms with Gasteiger partial charge in [0.25, 0.3) is 11.8 Å². The van der Waals surface area contributed by atoms with Crippen molar-refractivity contribution < 1.29 is 14.3 Å². The van der Waals surface area contributed by atoms with Gasteiger partial charge >= 0.3 is 0 Å². The highest BCUT2D eigenvalue weighted by Gasteiger charge is 2.14. The number of ether oxygens (including phenoxy) is 1. The Bertz CT molecular complexity index is 758. The smallest absolute Gasteiger partial charge is 0.273 e. The van der Waals surface area contributed by atoms with E-state index in [-0.39, 0.29) is 17.7 Å². The van der Waals surface area contributed by atoms with Crippen molar-refractivity contribution >= 4 is 35.0 Å². The number of para-hydroxylation sites is 1. The quantitative estimate of drug-likeness (QED) is 0.628. The first-order chi connectivity index (χ1) is 11.5. The maximum Gasteiger partial charge on any atom is 0.273 e. The Morgan fingerprint density at radius 2 is 1.67 bits per heavy atom. The molecule has 2 N–H and O–H groups in total. The predicted octanol–water partition coefficient (Wildman–Crippen LogP) is 3.63. The van der Waals surface area contributed by atoms with Crippen LogP contribution in [0.25, 0.3) is 0 Å². The van der Waals surface area contributed by atoms with E-state index < -0.39 is 11.8 Å². The third-order valence-electron chi connectivity index (χ3n) is 2.90. The summed E-state index contributed by atoms with van der Waals surface area (Å²) in [6.45, 7) is 3.82. The number of hydrogen-bond acceptors (Lipinski definition) is 3. The van der Waals surface area contributed by atoms with Crippen LogP contribution in [0.4, 0.5) is 0 Å². The van der Waals surface area contributed by atoms with Crippen molar-refractivity contribution in [2.45, 2.75) is 0 Å². The van der Waals surface area contributed by atoms with Gasteiger partial charge in [0.15, 0.2) is 0 Å². The van der Waals surface area contributed by atoms with Crippen molar-refractivity contribution in [3.63, 3.8) is 0 Å². The fourth-order valence-corrected chi connectivity index (χ4v) is 2.39. The van der Waals surface area contributed by atoms with Gasteiger partial charge in [-0.2, -0.15) is 0 Å². The van der Waals surface area contributed by atoms with E-state index in [0.29, 0.717) is 15.8 Å². The van der Waals surface area contributed by atoms with Crippen molar-refractivity contribution in [3.8, 4) is 5.75 Å². The van der Waals surface area contributed by atoms with Crippen LogP contribution in [0, 0.1) is 0 Å². The molecule has 2 rings (SSSR count). The molecule has 0 aliphatic heterocycles. The number of amides is 2. The molecule has 0 unspecified atom stereocenters. The lowest BCUT2D eigenvalue weighted by molar-refractivity contribution is 0.0844. The highest BCUT2D eigenvalue weighted by molar-refractivity contribution is 6.35. The van der Waals surface area contributed by atoms with Gasteiger partial charge in [0.05, 0.1) is 5.56 Å². The van der Waals surface area contributed by atoms with Crippen molar-refractivity contribution in [1.82, 2.24) is 10.9 Å². The van der Waals surface area contributed by atoms with Gasteiger partial charge < -0.3 is 4.74 Å². The molecule has 0 aliphatic carbocycles. The van der Waals surface area contributed by atoms with Gasteiger partial charge in [0.2, 0.25) is 0 Å². The first-order valence-corrected chi connectivity index (χ1v) is 7.66. The molecule has 0 aliphatic rings. The van der Waals surface area contributed by atoms with Crippen molar-refractivity contribution in [1.29, 1.82) is 0 Å². The number of hydrogen-bond donors (Lipinski definition) is 2. The number of nitrogens with one attached hydrogen (secondary N) is 2. The van der Waals surface area contributed by atoms with Gasteiger partial charge in [-0.25, -0.2) is 0 Å². The van der Waals surface area contributed by atoms with Crippen LogP contribution in [-0.2, 0) is 0 Å². The van der Waals surface area contributed by atoms with Gasteiger partial charge in [0, 0.05) is 15.6 Å². The van der Waals surface area contributed by atoms with Crippen LogP contribution in [0.3, 0.4) is 0 Å². The second-order valence-electron chi connectivity index (χ2n) is 4.66. The van der Waals surface area contributed by atoms with E-state index in [1.54, 1.807) is 30.3 Å². The molecule has 2 amide bonds. The largest absolute Gasteiger partial charge is 0.489 e. The SMILES string of the molecule is C=CCOc1ccccc1C(=O)NNC(=O)c1cc(Cl)cc(Cl)c1. The average Bonchev–Trinajstić information content (AvgIpc) is 2.57. The zero-order valence-corrected chi connectivity index (χ0v) is 14.0. The van der Waals surface area contributed by atoms with E-state index >= 15 is 0 Å². The molecular formula is C17H14Cl2N2O3. The summed E-state index contributed by atoms with van der Waals surface area (Å²) in [6.07, 6.45) is 1.57. The van der Waals surface area contributed by atoms with E-state index in [4.69, 9.17) is 27.9 Å². The van der Waals surface area contributed by atoms with Crippen molar-refractivity contribution in [3.05, 3.63) is 76.3 Å². The van der Waals surface area contributed by atoms with Gasteiger partial charge in [-0.15, -0.1) is 0 Å². The molecule has 0 saturated heterocycles. The fraction of sp³-hybridized carbons (Fsp3) is 0.0588. The van der Waals surface area contributed by atoms with E-state index in [2.05, 4.69) is 17.4 Å². The molecule has 2 aromatic rings. The topological polar surface area (TPSA) is 67.4 Å². The Morgan fingerprint density at radius 3 is 2.33 bits per heavy atom. The van der Waals surface area contributed by atoms with Crippen LogP contribution in [0.5, 0.6) is 5.75 Å². The van der Waals surface area contributed by atoms with Gasteiger partial charge in [-0.3, -0.25) is 20.4 Å². The summed E-state index contributed by atoms with van der Waals surface area (Å²) in [6, 6.07) is 11.0. The number of carbonyl (C=O) groups is 2. The summed E-state index contributed by atoms with van der Waals surface area (Å²) in [5.41, 5.74) is 5.13. The lowest BCUT2D eigenvalue weighted by Gasteiger charge is -2.11. The van der Waals surface area contributed by atoms with Crippen LogP contribution in [0.2, 0.25) is 10.0 Å². The molecule has 7 heteroatoms. The van der Waals surface area contributed by atoms with Crippen LogP contribution >= 0.6 is 23.2 Å². The molecule has 0 bridgehead atoms. The molecule has 0 fully saturated rings. The monoisotopic (exact) mass is 364 g/mol. The maximum absolute atomic E-state index is 12.2.